The van der Waals surface area contributed by atoms with Gasteiger partial charge in [0.05, 0.1) is 6.61 Å². The first-order valence-electron chi connectivity index (χ1n) is 5.75. The van der Waals surface area contributed by atoms with Gasteiger partial charge in [-0.05, 0) is 6.07 Å². The van der Waals surface area contributed by atoms with Crippen molar-refractivity contribution in [1.29, 1.82) is 0 Å². The zero-order valence-corrected chi connectivity index (χ0v) is 11.6. The highest BCUT2D eigenvalue weighted by atomic mass is 32.1. The van der Waals surface area contributed by atoms with Gasteiger partial charge in [-0.3, -0.25) is 0 Å². The third-order valence-electron chi connectivity index (χ3n) is 2.33. The van der Waals surface area contributed by atoms with Gasteiger partial charge in [0, 0.05) is 17.5 Å². The van der Waals surface area contributed by atoms with Gasteiger partial charge in [-0.15, -0.1) is 0 Å². The fraction of sp³-hybridized carbons (Fsp3) is 0.667. The number of ether oxygens (including phenoxy) is 1. The lowest BCUT2D eigenvalue weighted by Gasteiger charge is -2.19. The number of hydrogen-bond acceptors (Lipinski definition) is 3. The molecule has 0 aliphatic carbocycles. The van der Waals surface area contributed by atoms with E-state index in [-0.39, 0.29) is 12.0 Å². The fourth-order valence-electron chi connectivity index (χ4n) is 1.37. The van der Waals surface area contributed by atoms with Gasteiger partial charge in [-0.2, -0.15) is 0 Å². The monoisotopic (exact) mass is 276 g/mol. The Labute approximate surface area is 111 Å². The number of halogens is 2. The molecule has 1 aromatic heterocycles. The molecule has 18 heavy (non-hydrogen) atoms. The summed E-state index contributed by atoms with van der Waals surface area (Å²) in [4.78, 5) is 7.32. The lowest BCUT2D eigenvalue weighted by molar-refractivity contribution is 0.0182. The van der Waals surface area contributed by atoms with Crippen molar-refractivity contribution in [1.82, 2.24) is 9.97 Å². The maximum Gasteiger partial charge on any atom is 0.261 e. The molecule has 0 saturated heterocycles. The van der Waals surface area contributed by atoms with Crippen LogP contribution in [0.15, 0.2) is 6.07 Å². The van der Waals surface area contributed by atoms with Crippen LogP contribution in [0.25, 0.3) is 0 Å². The molecule has 1 heterocycles. The van der Waals surface area contributed by atoms with Gasteiger partial charge in [0.15, 0.2) is 0 Å². The molecule has 0 aromatic carbocycles. The molecule has 0 unspecified atom stereocenters. The molecule has 6 heteroatoms. The summed E-state index contributed by atoms with van der Waals surface area (Å²) in [5.41, 5.74) is 0.918. The molecule has 3 nitrogen and oxygen atoms in total. The molecular weight excluding hydrogens is 258 g/mol. The second-order valence-electron chi connectivity index (χ2n) is 5.05. The summed E-state index contributed by atoms with van der Waals surface area (Å²) >= 11 is 5.08. The van der Waals surface area contributed by atoms with E-state index in [1.165, 1.54) is 0 Å². The summed E-state index contributed by atoms with van der Waals surface area (Å²) in [5, 5.41) is 0. The third kappa shape index (κ3) is 5.18. The van der Waals surface area contributed by atoms with E-state index >= 15 is 0 Å². The highest BCUT2D eigenvalue weighted by molar-refractivity contribution is 7.71. The molecule has 1 aromatic rings. The predicted octanol–water partition coefficient (Wildman–Crippen LogP) is 3.26. The molecule has 0 fully saturated rings. The Bertz CT molecular complexity index is 440. The third-order valence-corrected chi connectivity index (χ3v) is 2.54. The zero-order chi connectivity index (χ0) is 13.8. The number of alkyl halides is 2. The molecule has 0 bridgehead atoms. The molecular formula is C12H18F2N2OS. The van der Waals surface area contributed by atoms with E-state index in [9.17, 15) is 8.78 Å². The summed E-state index contributed by atoms with van der Waals surface area (Å²) in [5.74, 6) is 0.668. The molecule has 1 rings (SSSR count). The second kappa shape index (κ2) is 6.33. The minimum Gasteiger partial charge on any atom is -0.375 e. The fourth-order valence-corrected chi connectivity index (χ4v) is 1.60. The van der Waals surface area contributed by atoms with Crippen molar-refractivity contribution >= 4 is 12.2 Å². The van der Waals surface area contributed by atoms with Crippen molar-refractivity contribution in [2.75, 3.05) is 13.2 Å². The second-order valence-corrected chi connectivity index (χ2v) is 5.46. The maximum atomic E-state index is 11.9. The average molecular weight is 276 g/mol. The van der Waals surface area contributed by atoms with Gasteiger partial charge in [0.2, 0.25) is 0 Å². The molecule has 0 atom stereocenters. The van der Waals surface area contributed by atoms with Crippen molar-refractivity contribution in [2.45, 2.75) is 39.0 Å². The Kier molecular flexibility index (Phi) is 5.34. The van der Waals surface area contributed by atoms with Gasteiger partial charge in [-0.1, -0.05) is 33.0 Å². The molecule has 102 valence electrons. The molecule has 0 radical (unpaired) electrons. The van der Waals surface area contributed by atoms with Gasteiger partial charge >= 0.3 is 0 Å². The van der Waals surface area contributed by atoms with E-state index in [1.54, 1.807) is 0 Å². The van der Waals surface area contributed by atoms with Crippen molar-refractivity contribution < 1.29 is 13.5 Å². The Morgan fingerprint density at radius 2 is 2.11 bits per heavy atom. The minimum atomic E-state index is -2.43. The molecule has 0 saturated carbocycles. The molecule has 0 aliphatic rings. The lowest BCUT2D eigenvalue weighted by atomic mass is 9.92. The quantitative estimate of drug-likeness (QED) is 0.662. The number of H-pyrrole nitrogens is 1. The van der Waals surface area contributed by atoms with Gasteiger partial charge in [-0.25, -0.2) is 13.8 Å². The number of aromatic amines is 1. The van der Waals surface area contributed by atoms with Crippen molar-refractivity contribution in [3.63, 3.8) is 0 Å². The van der Waals surface area contributed by atoms with E-state index in [0.717, 1.165) is 5.69 Å². The molecule has 0 amide bonds. The number of nitrogens with zero attached hydrogens (tertiary/aromatic N) is 1. The van der Waals surface area contributed by atoms with Crippen molar-refractivity contribution in [2.24, 2.45) is 0 Å². The van der Waals surface area contributed by atoms with Crippen molar-refractivity contribution in [3.05, 3.63) is 22.2 Å². The van der Waals surface area contributed by atoms with Crippen LogP contribution in [0.1, 0.15) is 32.3 Å². The van der Waals surface area contributed by atoms with Crippen LogP contribution in [-0.4, -0.2) is 29.6 Å². The number of aromatic nitrogens is 2. The lowest BCUT2D eigenvalue weighted by Crippen LogP contribution is -2.16. The van der Waals surface area contributed by atoms with Crippen LogP contribution in [0.4, 0.5) is 8.78 Å². The summed E-state index contributed by atoms with van der Waals surface area (Å²) in [7, 11) is 0. The summed E-state index contributed by atoms with van der Waals surface area (Å²) < 4.78 is 29.1. The first-order valence-corrected chi connectivity index (χ1v) is 6.16. The van der Waals surface area contributed by atoms with E-state index < -0.39 is 13.0 Å². The van der Waals surface area contributed by atoms with Gasteiger partial charge in [0.25, 0.3) is 6.43 Å². The smallest absolute Gasteiger partial charge is 0.261 e. The minimum absolute atomic E-state index is 0.0604. The first-order chi connectivity index (χ1) is 8.29. The summed E-state index contributed by atoms with van der Waals surface area (Å²) in [6.07, 6.45) is -1.99. The SMILES string of the molecule is CC(C)(C)c1cc(=S)nc(CCOCC(F)F)[nH]1. The number of rotatable bonds is 5. The van der Waals surface area contributed by atoms with Crippen LogP contribution in [0.3, 0.4) is 0 Å². The van der Waals surface area contributed by atoms with Crippen LogP contribution in [-0.2, 0) is 16.6 Å². The standard InChI is InChI=1S/C12H18F2N2OS/c1-12(2,3)8-6-11(18)16-10(15-8)4-5-17-7-9(13)14/h6,9H,4-5,7H2,1-3H3,(H,15,16,18). The van der Waals surface area contributed by atoms with E-state index in [2.05, 4.69) is 30.7 Å². The van der Waals surface area contributed by atoms with Crippen molar-refractivity contribution in [3.8, 4) is 0 Å². The Morgan fingerprint density at radius 1 is 1.44 bits per heavy atom. The average Bonchev–Trinajstić information content (AvgIpc) is 2.22. The summed E-state index contributed by atoms with van der Waals surface area (Å²) in [6.45, 7) is 5.84. The molecule has 0 spiro atoms. The first kappa shape index (κ1) is 15.2. The Hall–Kier alpha value is -0.880. The zero-order valence-electron chi connectivity index (χ0n) is 10.8. The normalized spacial score (nSPS) is 12.1. The number of hydrogen-bond donors (Lipinski definition) is 1. The summed E-state index contributed by atoms with van der Waals surface area (Å²) in [6, 6.07) is 1.82. The van der Waals surface area contributed by atoms with E-state index in [4.69, 9.17) is 17.0 Å². The van der Waals surface area contributed by atoms with Crippen LogP contribution < -0.4 is 0 Å². The van der Waals surface area contributed by atoms with Crippen LogP contribution in [0, 0.1) is 4.64 Å². The largest absolute Gasteiger partial charge is 0.375 e. The van der Waals surface area contributed by atoms with Gasteiger partial charge < -0.3 is 9.72 Å². The van der Waals surface area contributed by atoms with Crippen LogP contribution >= 0.6 is 12.2 Å². The van der Waals surface area contributed by atoms with Crippen LogP contribution in [0.2, 0.25) is 0 Å². The Morgan fingerprint density at radius 3 is 2.67 bits per heavy atom. The highest BCUT2D eigenvalue weighted by Gasteiger charge is 2.15. The predicted molar refractivity (Wildman–Crippen MR) is 68.6 cm³/mol. The van der Waals surface area contributed by atoms with Crippen LogP contribution in [0.5, 0.6) is 0 Å². The number of nitrogens with one attached hydrogen (secondary N) is 1. The highest BCUT2D eigenvalue weighted by Crippen LogP contribution is 2.19. The molecule has 1 N–H and O–H groups in total. The maximum absolute atomic E-state index is 11.9. The Balaban J connectivity index is 2.67. The van der Waals surface area contributed by atoms with E-state index in [1.807, 2.05) is 6.07 Å². The van der Waals surface area contributed by atoms with E-state index in [0.29, 0.717) is 16.9 Å². The van der Waals surface area contributed by atoms with Gasteiger partial charge in [0.1, 0.15) is 17.1 Å². The topological polar surface area (TPSA) is 37.9 Å². The molecule has 0 aliphatic heterocycles.